The first-order valence-corrected chi connectivity index (χ1v) is 4.03. The molecule has 14 heavy (non-hydrogen) atoms. The highest BCUT2D eigenvalue weighted by Gasteiger charge is 2.21. The summed E-state index contributed by atoms with van der Waals surface area (Å²) >= 11 is 0. The van der Waals surface area contributed by atoms with Crippen LogP contribution in [-0.4, -0.2) is 12.1 Å². The number of ketones is 1. The Morgan fingerprint density at radius 1 is 1.29 bits per heavy atom. The number of hydrogen-bond acceptors (Lipinski definition) is 4. The lowest BCUT2D eigenvalue weighted by Crippen LogP contribution is -1.97. The van der Waals surface area contributed by atoms with Crippen molar-refractivity contribution in [3.63, 3.8) is 0 Å². The van der Waals surface area contributed by atoms with Gasteiger partial charge in [-0.15, -0.1) is 0 Å². The number of Topliss-reactive ketones (excluding diaryl/α,β-unsaturated/α-hetero) is 1. The van der Waals surface area contributed by atoms with Crippen LogP contribution in [0, 0.1) is 0 Å². The molecule has 4 heteroatoms. The third-order valence-corrected chi connectivity index (χ3v) is 2.24. The average Bonchev–Trinajstić information content (AvgIpc) is 2.87. The van der Waals surface area contributed by atoms with Crippen LogP contribution in [-0.2, 0) is 4.79 Å². The first-order chi connectivity index (χ1) is 6.81. The summed E-state index contributed by atoms with van der Waals surface area (Å²) in [6.07, 6.45) is 1.66. The molecule has 3 rings (SSSR count). The van der Waals surface area contributed by atoms with Gasteiger partial charge in [0.2, 0.25) is 0 Å². The van der Waals surface area contributed by atoms with Gasteiger partial charge in [0.05, 0.1) is 10.8 Å². The van der Waals surface area contributed by atoms with Crippen LogP contribution in [0.15, 0.2) is 27.2 Å². The van der Waals surface area contributed by atoms with Crippen LogP contribution < -0.4 is 0 Å². The van der Waals surface area contributed by atoms with E-state index in [1.165, 1.54) is 6.26 Å². The molecular weight excluding hydrogens is 184 g/mol. The zero-order valence-electron chi connectivity index (χ0n) is 6.94. The molecule has 0 saturated heterocycles. The monoisotopic (exact) mass is 188 g/mol. The van der Waals surface area contributed by atoms with E-state index in [0.717, 1.165) is 5.39 Å². The SMILES string of the molecule is O=CC(=O)c1occ2c3ccc(o3)c12. The molecule has 3 heterocycles. The fourth-order valence-corrected chi connectivity index (χ4v) is 1.64. The van der Waals surface area contributed by atoms with E-state index in [2.05, 4.69) is 0 Å². The Morgan fingerprint density at radius 2 is 2.07 bits per heavy atom. The second-order valence-electron chi connectivity index (χ2n) is 3.00. The molecular formula is C10H4O4. The van der Waals surface area contributed by atoms with E-state index >= 15 is 0 Å². The summed E-state index contributed by atoms with van der Waals surface area (Å²) in [5.41, 5.74) is 1.25. The topological polar surface area (TPSA) is 60.4 Å². The molecule has 3 aromatic heterocycles. The molecule has 0 aromatic carbocycles. The molecule has 0 aliphatic heterocycles. The van der Waals surface area contributed by atoms with Crippen molar-refractivity contribution in [2.24, 2.45) is 0 Å². The molecule has 0 radical (unpaired) electrons. The van der Waals surface area contributed by atoms with Gasteiger partial charge in [-0.1, -0.05) is 0 Å². The van der Waals surface area contributed by atoms with Crippen molar-refractivity contribution in [1.82, 2.24) is 0 Å². The Labute approximate surface area is 77.4 Å². The van der Waals surface area contributed by atoms with Crippen LogP contribution in [0.3, 0.4) is 0 Å². The van der Waals surface area contributed by atoms with Gasteiger partial charge in [-0.2, -0.15) is 0 Å². The summed E-state index contributed by atoms with van der Waals surface area (Å²) in [7, 11) is 0. The van der Waals surface area contributed by atoms with E-state index in [9.17, 15) is 9.59 Å². The summed E-state index contributed by atoms with van der Waals surface area (Å²) in [6, 6.07) is 3.54. The predicted molar refractivity (Wildman–Crippen MR) is 47.6 cm³/mol. The van der Waals surface area contributed by atoms with Gasteiger partial charge in [0.15, 0.2) is 12.0 Å². The number of carbonyl (C=O) groups is 2. The molecule has 3 aromatic rings. The minimum Gasteiger partial charge on any atom is -0.459 e. The number of furan rings is 3. The normalized spacial score (nSPS) is 11.4. The summed E-state index contributed by atoms with van der Waals surface area (Å²) in [4.78, 5) is 21.5. The molecule has 0 N–H and O–H groups in total. The molecule has 4 nitrogen and oxygen atoms in total. The van der Waals surface area contributed by atoms with Crippen LogP contribution in [0.4, 0.5) is 0 Å². The highest BCUT2D eigenvalue weighted by Crippen LogP contribution is 2.34. The number of aldehydes is 1. The number of rotatable bonds is 2. The van der Waals surface area contributed by atoms with Crippen molar-refractivity contribution in [1.29, 1.82) is 0 Å². The molecule has 0 aliphatic carbocycles. The first-order valence-electron chi connectivity index (χ1n) is 4.03. The van der Waals surface area contributed by atoms with E-state index in [4.69, 9.17) is 8.83 Å². The Balaban J connectivity index is 2.46. The van der Waals surface area contributed by atoms with E-state index in [0.29, 0.717) is 16.6 Å². The number of benzene rings is 1. The smallest absolute Gasteiger partial charge is 0.261 e. The highest BCUT2D eigenvalue weighted by atomic mass is 16.4. The summed E-state index contributed by atoms with van der Waals surface area (Å²) in [6.45, 7) is 0. The van der Waals surface area contributed by atoms with E-state index in [1.54, 1.807) is 12.1 Å². The second kappa shape index (κ2) is 2.23. The third kappa shape index (κ3) is 0.682. The molecule has 0 aliphatic rings. The molecule has 0 saturated carbocycles. The largest absolute Gasteiger partial charge is 0.459 e. The summed E-state index contributed by atoms with van der Waals surface area (Å²) in [5.74, 6) is -0.603. The molecule has 0 atom stereocenters. The Kier molecular flexibility index (Phi) is 1.16. The second-order valence-corrected chi connectivity index (χ2v) is 3.00. The van der Waals surface area contributed by atoms with Gasteiger partial charge in [-0.25, -0.2) is 0 Å². The van der Waals surface area contributed by atoms with Crippen molar-refractivity contribution in [3.8, 4) is 0 Å². The number of hydrogen-bond donors (Lipinski definition) is 0. The molecule has 2 bridgehead atoms. The molecule has 68 valence electrons. The fourth-order valence-electron chi connectivity index (χ4n) is 1.64. The van der Waals surface area contributed by atoms with Crippen LogP contribution in [0.25, 0.3) is 21.9 Å². The minimum absolute atomic E-state index is 0.0596. The van der Waals surface area contributed by atoms with Crippen molar-refractivity contribution in [3.05, 3.63) is 24.2 Å². The third-order valence-electron chi connectivity index (χ3n) is 2.24. The summed E-state index contributed by atoms with van der Waals surface area (Å²) in [5, 5.41) is 1.34. The van der Waals surface area contributed by atoms with E-state index < -0.39 is 5.78 Å². The van der Waals surface area contributed by atoms with Gasteiger partial charge in [-0.05, 0) is 12.1 Å². The van der Waals surface area contributed by atoms with E-state index in [-0.39, 0.29) is 12.0 Å². The standard InChI is InChI=1S/C10H4O4/c11-3-6(12)10-9-5(4-13-10)7-1-2-8(9)14-7/h1-4H. The molecule has 0 fully saturated rings. The Hall–Kier alpha value is -2.10. The van der Waals surface area contributed by atoms with Crippen LogP contribution >= 0.6 is 0 Å². The zero-order valence-corrected chi connectivity index (χ0v) is 6.94. The number of fused-ring (bicyclic) bond motifs is 5. The van der Waals surface area contributed by atoms with Gasteiger partial charge < -0.3 is 8.83 Å². The van der Waals surface area contributed by atoms with Crippen LogP contribution in [0.1, 0.15) is 10.6 Å². The quantitative estimate of drug-likeness (QED) is 0.350. The molecule has 0 spiro atoms. The Bertz CT molecular complexity index is 628. The van der Waals surface area contributed by atoms with Gasteiger partial charge in [-0.3, -0.25) is 9.59 Å². The van der Waals surface area contributed by atoms with Crippen LogP contribution in [0.5, 0.6) is 0 Å². The maximum Gasteiger partial charge on any atom is 0.261 e. The van der Waals surface area contributed by atoms with Crippen molar-refractivity contribution in [2.45, 2.75) is 0 Å². The highest BCUT2D eigenvalue weighted by molar-refractivity contribution is 6.36. The van der Waals surface area contributed by atoms with Crippen molar-refractivity contribution < 1.29 is 18.4 Å². The van der Waals surface area contributed by atoms with Crippen molar-refractivity contribution >= 4 is 34.0 Å². The maximum absolute atomic E-state index is 11.1. The van der Waals surface area contributed by atoms with Gasteiger partial charge >= 0.3 is 0 Å². The lowest BCUT2D eigenvalue weighted by molar-refractivity contribution is -0.104. The first kappa shape index (κ1) is 7.32. The maximum atomic E-state index is 11.1. The zero-order chi connectivity index (χ0) is 9.71. The summed E-state index contributed by atoms with van der Waals surface area (Å²) < 4.78 is 10.3. The minimum atomic E-state index is -0.663. The fraction of sp³-hybridized carbons (Fsp3) is 0. The molecule has 0 amide bonds. The van der Waals surface area contributed by atoms with Crippen LogP contribution in [0.2, 0.25) is 0 Å². The van der Waals surface area contributed by atoms with Gasteiger partial charge in [0, 0.05) is 0 Å². The average molecular weight is 188 g/mol. The van der Waals surface area contributed by atoms with Gasteiger partial charge in [0.25, 0.3) is 5.78 Å². The van der Waals surface area contributed by atoms with Crippen molar-refractivity contribution in [2.75, 3.05) is 0 Å². The lowest BCUT2D eigenvalue weighted by atomic mass is 10.1. The van der Waals surface area contributed by atoms with Gasteiger partial charge in [0.1, 0.15) is 17.4 Å². The van der Waals surface area contributed by atoms with E-state index in [1.807, 2.05) is 0 Å². The Morgan fingerprint density at radius 3 is 2.86 bits per heavy atom. The molecule has 0 unspecified atom stereocenters. The predicted octanol–water partition coefficient (Wildman–Crippen LogP) is 2.00. The number of carbonyl (C=O) groups excluding carboxylic acids is 2. The lowest BCUT2D eigenvalue weighted by Gasteiger charge is -1.85.